The molecule has 1 aromatic carbocycles. The molecule has 1 atom stereocenters. The number of aromatic nitrogens is 1. The van der Waals surface area contributed by atoms with Crippen LogP contribution in [0.3, 0.4) is 0 Å². The predicted octanol–water partition coefficient (Wildman–Crippen LogP) is 4.04. The number of rotatable bonds is 4. The molecule has 0 aliphatic carbocycles. The fourth-order valence-corrected chi connectivity index (χ4v) is 4.28. The summed E-state index contributed by atoms with van der Waals surface area (Å²) >= 11 is 0. The van der Waals surface area contributed by atoms with Gasteiger partial charge in [-0.25, -0.2) is 0 Å². The van der Waals surface area contributed by atoms with Crippen molar-refractivity contribution >= 4 is 5.91 Å². The van der Waals surface area contributed by atoms with Gasteiger partial charge in [0, 0.05) is 43.6 Å². The fourth-order valence-electron chi connectivity index (χ4n) is 4.28. The third-order valence-electron chi connectivity index (χ3n) is 5.64. The summed E-state index contributed by atoms with van der Waals surface area (Å²) < 4.78 is 0. The molecule has 3 heterocycles. The fraction of sp³-hybridized carbons (Fsp3) is 0.455. The highest BCUT2D eigenvalue weighted by Gasteiger charge is 2.26. The molecule has 2 aliphatic heterocycles. The molecule has 4 heteroatoms. The molecule has 0 saturated carbocycles. The summed E-state index contributed by atoms with van der Waals surface area (Å²) in [6, 6.07) is 12.9. The smallest absolute Gasteiger partial charge is 0.253 e. The molecule has 1 amide bonds. The lowest BCUT2D eigenvalue weighted by molar-refractivity contribution is 0.0724. The molecular formula is C22H27N3O. The highest BCUT2D eigenvalue weighted by Crippen LogP contribution is 2.32. The van der Waals surface area contributed by atoms with E-state index in [0.717, 1.165) is 44.6 Å². The van der Waals surface area contributed by atoms with Gasteiger partial charge in [-0.05, 0) is 68.0 Å². The average molecular weight is 349 g/mol. The van der Waals surface area contributed by atoms with E-state index < -0.39 is 0 Å². The Labute approximate surface area is 155 Å². The monoisotopic (exact) mass is 349 g/mol. The second-order valence-electron chi connectivity index (χ2n) is 7.47. The van der Waals surface area contributed by atoms with Crippen molar-refractivity contribution in [2.24, 2.45) is 0 Å². The summed E-state index contributed by atoms with van der Waals surface area (Å²) in [7, 11) is 0. The second kappa shape index (κ2) is 8.00. The largest absolute Gasteiger partial charge is 0.339 e. The summed E-state index contributed by atoms with van der Waals surface area (Å²) in [5, 5.41) is 0. The van der Waals surface area contributed by atoms with Crippen LogP contribution in [0.15, 0.2) is 48.8 Å². The van der Waals surface area contributed by atoms with E-state index in [9.17, 15) is 4.79 Å². The molecule has 0 bridgehead atoms. The van der Waals surface area contributed by atoms with E-state index in [-0.39, 0.29) is 5.91 Å². The van der Waals surface area contributed by atoms with Crippen LogP contribution < -0.4 is 0 Å². The van der Waals surface area contributed by atoms with Crippen LogP contribution >= 0.6 is 0 Å². The van der Waals surface area contributed by atoms with Gasteiger partial charge in [0.2, 0.25) is 0 Å². The summed E-state index contributed by atoms with van der Waals surface area (Å²) in [4.78, 5) is 21.6. The van der Waals surface area contributed by atoms with Crippen molar-refractivity contribution < 1.29 is 4.79 Å². The number of benzene rings is 1. The van der Waals surface area contributed by atoms with Crippen molar-refractivity contribution in [1.82, 2.24) is 14.8 Å². The molecule has 4 rings (SSSR count). The molecule has 2 aliphatic rings. The second-order valence-corrected chi connectivity index (χ2v) is 7.47. The van der Waals surface area contributed by atoms with E-state index in [1.807, 2.05) is 35.5 Å². The normalized spacial score (nSPS) is 21.1. The van der Waals surface area contributed by atoms with E-state index >= 15 is 0 Å². The van der Waals surface area contributed by atoms with Crippen molar-refractivity contribution in [2.75, 3.05) is 19.6 Å². The number of amides is 1. The molecule has 2 fully saturated rings. The van der Waals surface area contributed by atoms with Gasteiger partial charge < -0.3 is 4.90 Å². The number of likely N-dealkylation sites (tertiary alicyclic amines) is 2. The van der Waals surface area contributed by atoms with E-state index in [4.69, 9.17) is 0 Å². The molecular weight excluding hydrogens is 322 g/mol. The van der Waals surface area contributed by atoms with Crippen molar-refractivity contribution in [3.8, 4) is 0 Å². The van der Waals surface area contributed by atoms with Crippen LogP contribution in [-0.4, -0.2) is 40.3 Å². The molecule has 2 aromatic rings. The number of pyridine rings is 1. The Bertz CT molecular complexity index is 740. The highest BCUT2D eigenvalue weighted by atomic mass is 16.2. The molecule has 2 saturated heterocycles. The SMILES string of the molecule is O=C(c1cccc(CN2CCCC2c2cccnc2)c1)N1CCCCC1. The van der Waals surface area contributed by atoms with Gasteiger partial charge in [0.25, 0.3) is 5.91 Å². The van der Waals surface area contributed by atoms with Crippen LogP contribution in [0, 0.1) is 0 Å². The third-order valence-corrected chi connectivity index (χ3v) is 5.64. The summed E-state index contributed by atoms with van der Waals surface area (Å²) in [5.41, 5.74) is 3.36. The van der Waals surface area contributed by atoms with Crippen LogP contribution in [-0.2, 0) is 6.54 Å². The zero-order valence-corrected chi connectivity index (χ0v) is 15.3. The molecule has 0 radical (unpaired) electrons. The highest BCUT2D eigenvalue weighted by molar-refractivity contribution is 5.94. The minimum Gasteiger partial charge on any atom is -0.339 e. The van der Waals surface area contributed by atoms with Crippen LogP contribution in [0.5, 0.6) is 0 Å². The van der Waals surface area contributed by atoms with Gasteiger partial charge in [0.1, 0.15) is 0 Å². The molecule has 0 spiro atoms. The number of carbonyl (C=O) groups excluding carboxylic acids is 1. The number of nitrogens with zero attached hydrogens (tertiary/aromatic N) is 3. The summed E-state index contributed by atoms with van der Waals surface area (Å²) in [6.45, 7) is 3.79. The predicted molar refractivity (Wildman–Crippen MR) is 103 cm³/mol. The Balaban J connectivity index is 1.47. The first kappa shape index (κ1) is 17.2. The zero-order chi connectivity index (χ0) is 17.8. The Morgan fingerprint density at radius 2 is 1.92 bits per heavy atom. The summed E-state index contributed by atoms with van der Waals surface area (Å²) in [5.74, 6) is 0.191. The Hall–Kier alpha value is -2.20. The van der Waals surface area contributed by atoms with Gasteiger partial charge in [0.05, 0.1) is 0 Å². The van der Waals surface area contributed by atoms with Gasteiger partial charge in [-0.15, -0.1) is 0 Å². The van der Waals surface area contributed by atoms with E-state index in [1.54, 1.807) is 0 Å². The lowest BCUT2D eigenvalue weighted by Crippen LogP contribution is -2.35. The van der Waals surface area contributed by atoms with E-state index in [2.05, 4.69) is 28.1 Å². The lowest BCUT2D eigenvalue weighted by atomic mass is 10.0. The molecule has 136 valence electrons. The van der Waals surface area contributed by atoms with E-state index in [1.165, 1.54) is 30.4 Å². The van der Waals surface area contributed by atoms with Crippen LogP contribution in [0.4, 0.5) is 0 Å². The van der Waals surface area contributed by atoms with Crippen molar-refractivity contribution in [3.63, 3.8) is 0 Å². The number of carbonyl (C=O) groups is 1. The maximum absolute atomic E-state index is 12.8. The maximum atomic E-state index is 12.8. The lowest BCUT2D eigenvalue weighted by Gasteiger charge is -2.27. The first-order chi connectivity index (χ1) is 12.8. The minimum atomic E-state index is 0.191. The Morgan fingerprint density at radius 3 is 2.73 bits per heavy atom. The van der Waals surface area contributed by atoms with Crippen LogP contribution in [0.25, 0.3) is 0 Å². The van der Waals surface area contributed by atoms with E-state index in [0.29, 0.717) is 6.04 Å². The van der Waals surface area contributed by atoms with Gasteiger partial charge in [-0.3, -0.25) is 14.7 Å². The third kappa shape index (κ3) is 3.80. The molecule has 26 heavy (non-hydrogen) atoms. The van der Waals surface area contributed by atoms with Crippen LogP contribution in [0.2, 0.25) is 0 Å². The van der Waals surface area contributed by atoms with Crippen LogP contribution in [0.1, 0.15) is 59.6 Å². The first-order valence-corrected chi connectivity index (χ1v) is 9.83. The molecule has 4 nitrogen and oxygen atoms in total. The number of hydrogen-bond donors (Lipinski definition) is 0. The van der Waals surface area contributed by atoms with Gasteiger partial charge in [-0.2, -0.15) is 0 Å². The standard InChI is InChI=1S/C22H27N3O/c26-22(24-12-2-1-3-13-24)19-8-4-7-18(15-19)17-25-14-6-10-21(25)20-9-5-11-23-16-20/h4-5,7-9,11,15-16,21H,1-3,6,10,12-14,17H2. The first-order valence-electron chi connectivity index (χ1n) is 9.83. The van der Waals surface area contributed by atoms with Crippen molar-refractivity contribution in [1.29, 1.82) is 0 Å². The number of hydrogen-bond acceptors (Lipinski definition) is 3. The molecule has 1 aromatic heterocycles. The van der Waals surface area contributed by atoms with Gasteiger partial charge in [0.15, 0.2) is 0 Å². The van der Waals surface area contributed by atoms with Crippen molar-refractivity contribution in [2.45, 2.75) is 44.7 Å². The average Bonchev–Trinajstić information content (AvgIpc) is 3.17. The van der Waals surface area contributed by atoms with Gasteiger partial charge >= 0.3 is 0 Å². The quantitative estimate of drug-likeness (QED) is 0.836. The van der Waals surface area contributed by atoms with Crippen molar-refractivity contribution in [3.05, 3.63) is 65.5 Å². The minimum absolute atomic E-state index is 0.191. The molecule has 1 unspecified atom stereocenters. The Kier molecular flexibility index (Phi) is 5.30. The zero-order valence-electron chi connectivity index (χ0n) is 15.3. The maximum Gasteiger partial charge on any atom is 0.253 e. The Morgan fingerprint density at radius 1 is 1.04 bits per heavy atom. The number of piperidine rings is 1. The summed E-state index contributed by atoms with van der Waals surface area (Å²) in [6.07, 6.45) is 9.72. The topological polar surface area (TPSA) is 36.4 Å². The van der Waals surface area contributed by atoms with Gasteiger partial charge in [-0.1, -0.05) is 18.2 Å². The molecule has 0 N–H and O–H groups in total.